The molecule has 1 rings (SSSR count). The highest BCUT2D eigenvalue weighted by Gasteiger charge is 2.25. The van der Waals surface area contributed by atoms with Crippen molar-refractivity contribution in [2.75, 3.05) is 6.61 Å². The first kappa shape index (κ1) is 13.7. The first-order chi connectivity index (χ1) is 7.47. The maximum absolute atomic E-state index is 9.45. The molecule has 1 aromatic rings. The average molecular weight is 289 g/mol. The van der Waals surface area contributed by atoms with Gasteiger partial charge in [-0.3, -0.25) is 4.68 Å². The summed E-state index contributed by atoms with van der Waals surface area (Å²) in [6.45, 7) is 6.53. The maximum Gasteiger partial charge on any atom is 0.0766 e. The molecule has 0 aliphatic rings. The molecule has 0 spiro atoms. The van der Waals surface area contributed by atoms with Crippen LogP contribution in [0.2, 0.25) is 0 Å². The fourth-order valence-electron chi connectivity index (χ4n) is 1.71. The van der Waals surface area contributed by atoms with Gasteiger partial charge in [-0.2, -0.15) is 5.10 Å². The maximum atomic E-state index is 9.45. The number of nitrogens with zero attached hydrogens (tertiary/aromatic N) is 2. The van der Waals surface area contributed by atoms with Gasteiger partial charge in [0, 0.05) is 13.7 Å². The number of halogens is 1. The molecule has 0 amide bonds. The van der Waals surface area contributed by atoms with E-state index >= 15 is 0 Å². The minimum Gasteiger partial charge on any atom is -0.396 e. The molecule has 0 saturated carbocycles. The molecular formula is C12H21BrN2O. The van der Waals surface area contributed by atoms with Crippen molar-refractivity contribution in [1.29, 1.82) is 0 Å². The predicted molar refractivity (Wildman–Crippen MR) is 69.5 cm³/mol. The van der Waals surface area contributed by atoms with Crippen LogP contribution < -0.4 is 0 Å². The van der Waals surface area contributed by atoms with Crippen LogP contribution in [0.5, 0.6) is 0 Å². The van der Waals surface area contributed by atoms with Gasteiger partial charge in [-0.05, 0) is 40.6 Å². The molecule has 0 fully saturated rings. The molecule has 1 N–H and O–H groups in total. The van der Waals surface area contributed by atoms with E-state index in [2.05, 4.69) is 41.8 Å². The Labute approximate surface area is 106 Å². The highest BCUT2D eigenvalue weighted by atomic mass is 79.9. The number of aliphatic hydroxyl groups excluding tert-OH is 1. The third-order valence-corrected chi connectivity index (χ3v) is 4.25. The number of hydrogen-bond acceptors (Lipinski definition) is 2. The van der Waals surface area contributed by atoms with Gasteiger partial charge in [0.25, 0.3) is 0 Å². The van der Waals surface area contributed by atoms with Crippen LogP contribution in [0.15, 0.2) is 4.47 Å². The lowest BCUT2D eigenvalue weighted by Gasteiger charge is -2.25. The second-order valence-corrected chi connectivity index (χ2v) is 5.48. The summed E-state index contributed by atoms with van der Waals surface area (Å²) in [5.74, 6) is 0. The molecule has 0 bridgehead atoms. The number of aromatic nitrogens is 2. The van der Waals surface area contributed by atoms with E-state index in [-0.39, 0.29) is 12.0 Å². The molecule has 1 aromatic heterocycles. The van der Waals surface area contributed by atoms with Gasteiger partial charge in [0.2, 0.25) is 0 Å². The Balaban J connectivity index is 3.01. The Kier molecular flexibility index (Phi) is 4.56. The largest absolute Gasteiger partial charge is 0.396 e. The molecule has 1 heterocycles. The average Bonchev–Trinajstić information content (AvgIpc) is 2.56. The lowest BCUT2D eigenvalue weighted by Crippen LogP contribution is -2.24. The molecule has 0 aliphatic heterocycles. The van der Waals surface area contributed by atoms with Gasteiger partial charge in [0.1, 0.15) is 0 Å². The van der Waals surface area contributed by atoms with Gasteiger partial charge in [-0.1, -0.05) is 20.8 Å². The lowest BCUT2D eigenvalue weighted by atomic mass is 9.83. The van der Waals surface area contributed by atoms with Crippen LogP contribution in [0.3, 0.4) is 0 Å². The fourth-order valence-corrected chi connectivity index (χ4v) is 2.47. The van der Waals surface area contributed by atoms with Gasteiger partial charge in [0.15, 0.2) is 0 Å². The molecular weight excluding hydrogens is 268 g/mol. The van der Waals surface area contributed by atoms with E-state index in [1.807, 2.05) is 11.7 Å². The van der Waals surface area contributed by atoms with Crippen molar-refractivity contribution < 1.29 is 5.11 Å². The first-order valence-electron chi connectivity index (χ1n) is 5.78. The smallest absolute Gasteiger partial charge is 0.0766 e. The van der Waals surface area contributed by atoms with E-state index in [4.69, 9.17) is 0 Å². The Morgan fingerprint density at radius 2 is 2.06 bits per heavy atom. The van der Waals surface area contributed by atoms with Gasteiger partial charge in [-0.25, -0.2) is 0 Å². The van der Waals surface area contributed by atoms with E-state index in [9.17, 15) is 5.11 Å². The zero-order valence-corrected chi connectivity index (χ0v) is 12.1. The summed E-state index contributed by atoms with van der Waals surface area (Å²) >= 11 is 3.61. The van der Waals surface area contributed by atoms with Gasteiger partial charge < -0.3 is 5.11 Å². The normalized spacial score (nSPS) is 15.1. The van der Waals surface area contributed by atoms with Crippen molar-refractivity contribution in [1.82, 2.24) is 9.78 Å². The summed E-state index contributed by atoms with van der Waals surface area (Å²) in [4.78, 5) is 0. The summed E-state index contributed by atoms with van der Waals surface area (Å²) in [7, 11) is 1.96. The summed E-state index contributed by atoms with van der Waals surface area (Å²) in [5.41, 5.74) is 2.21. The quantitative estimate of drug-likeness (QED) is 0.905. The van der Waals surface area contributed by atoms with Crippen LogP contribution in [0.25, 0.3) is 0 Å². The Bertz CT molecular complexity index is 356. The van der Waals surface area contributed by atoms with Crippen molar-refractivity contribution in [2.45, 2.75) is 40.0 Å². The molecule has 1 unspecified atom stereocenters. The van der Waals surface area contributed by atoms with Gasteiger partial charge in [0.05, 0.1) is 15.9 Å². The summed E-state index contributed by atoms with van der Waals surface area (Å²) in [6, 6.07) is 0. The van der Waals surface area contributed by atoms with Crippen molar-refractivity contribution in [3.8, 4) is 0 Å². The monoisotopic (exact) mass is 288 g/mol. The summed E-state index contributed by atoms with van der Waals surface area (Å²) in [6.07, 6.45) is 2.74. The fraction of sp³-hybridized carbons (Fsp3) is 0.750. The zero-order valence-electron chi connectivity index (χ0n) is 10.5. The minimum atomic E-state index is -0.0542. The van der Waals surface area contributed by atoms with Crippen LogP contribution in [-0.4, -0.2) is 21.5 Å². The van der Waals surface area contributed by atoms with Crippen LogP contribution in [0.1, 0.15) is 38.6 Å². The van der Waals surface area contributed by atoms with E-state index in [1.165, 1.54) is 5.69 Å². The van der Waals surface area contributed by atoms with E-state index in [1.54, 1.807) is 0 Å². The highest BCUT2D eigenvalue weighted by molar-refractivity contribution is 9.10. The zero-order chi connectivity index (χ0) is 12.3. The Morgan fingerprint density at radius 3 is 2.44 bits per heavy atom. The van der Waals surface area contributed by atoms with Crippen molar-refractivity contribution in [2.24, 2.45) is 12.5 Å². The molecule has 16 heavy (non-hydrogen) atoms. The van der Waals surface area contributed by atoms with Crippen LogP contribution in [-0.2, 0) is 19.9 Å². The third kappa shape index (κ3) is 2.66. The van der Waals surface area contributed by atoms with E-state index in [0.29, 0.717) is 0 Å². The topological polar surface area (TPSA) is 38.0 Å². The second kappa shape index (κ2) is 5.32. The molecule has 3 nitrogen and oxygen atoms in total. The summed E-state index contributed by atoms with van der Waals surface area (Å²) in [5, 5.41) is 13.9. The molecule has 4 heteroatoms. The molecule has 0 radical (unpaired) electrons. The molecule has 92 valence electrons. The van der Waals surface area contributed by atoms with Crippen LogP contribution in [0.4, 0.5) is 0 Å². The minimum absolute atomic E-state index is 0.0542. The summed E-state index contributed by atoms with van der Waals surface area (Å²) < 4.78 is 3.03. The number of aryl methyl sites for hydroxylation is 2. The van der Waals surface area contributed by atoms with Crippen molar-refractivity contribution in [3.05, 3.63) is 15.9 Å². The predicted octanol–water partition coefficient (Wildman–Crippen LogP) is 2.70. The van der Waals surface area contributed by atoms with Gasteiger partial charge in [-0.15, -0.1) is 0 Å². The molecule has 0 aromatic carbocycles. The van der Waals surface area contributed by atoms with Crippen molar-refractivity contribution in [3.63, 3.8) is 0 Å². The highest BCUT2D eigenvalue weighted by Crippen LogP contribution is 2.31. The SMILES string of the molecule is CCc1nn(C)c(CC(C)(CC)CO)c1Br. The first-order valence-corrected chi connectivity index (χ1v) is 6.57. The number of rotatable bonds is 5. The molecule has 0 aliphatic carbocycles. The lowest BCUT2D eigenvalue weighted by molar-refractivity contribution is 0.135. The van der Waals surface area contributed by atoms with Crippen LogP contribution >= 0.6 is 15.9 Å². The van der Waals surface area contributed by atoms with E-state index in [0.717, 1.165) is 29.4 Å². The Morgan fingerprint density at radius 1 is 1.44 bits per heavy atom. The second-order valence-electron chi connectivity index (χ2n) is 4.68. The molecule has 1 atom stereocenters. The number of hydrogen-bond donors (Lipinski definition) is 1. The third-order valence-electron chi connectivity index (χ3n) is 3.33. The Hall–Kier alpha value is -0.350. The van der Waals surface area contributed by atoms with Crippen LogP contribution in [0, 0.1) is 5.41 Å². The molecule has 0 saturated heterocycles. The number of aliphatic hydroxyl groups is 1. The van der Waals surface area contributed by atoms with Gasteiger partial charge >= 0.3 is 0 Å². The standard InChI is InChI=1S/C12H21BrN2O/c1-5-9-11(13)10(15(4)14-9)7-12(3,6-2)8-16/h16H,5-8H2,1-4H3. The van der Waals surface area contributed by atoms with E-state index < -0.39 is 0 Å². The van der Waals surface area contributed by atoms with Crippen molar-refractivity contribution >= 4 is 15.9 Å².